The van der Waals surface area contributed by atoms with Crippen molar-refractivity contribution in [2.45, 2.75) is 38.5 Å². The molecule has 0 amide bonds. The van der Waals surface area contributed by atoms with Crippen molar-refractivity contribution in [1.29, 1.82) is 0 Å². The van der Waals surface area contributed by atoms with Gasteiger partial charge in [0.05, 0.1) is 0 Å². The zero-order valence-corrected chi connectivity index (χ0v) is 33.0. The minimum Gasteiger partial charge on any atom is -0.0620 e. The summed E-state index contributed by atoms with van der Waals surface area (Å²) >= 11 is 0. The van der Waals surface area contributed by atoms with Crippen LogP contribution in [0.4, 0.5) is 0 Å². The molecule has 0 spiro atoms. The molecule has 3 aliphatic rings. The summed E-state index contributed by atoms with van der Waals surface area (Å²) in [4.78, 5) is 0. The Kier molecular flexibility index (Phi) is 11.2. The van der Waals surface area contributed by atoms with Gasteiger partial charge in [0.25, 0.3) is 0 Å². The highest BCUT2D eigenvalue weighted by Gasteiger charge is 2.14. The number of hydrogen-bond acceptors (Lipinski definition) is 0. The predicted molar refractivity (Wildman–Crippen MR) is 248 cm³/mol. The summed E-state index contributed by atoms with van der Waals surface area (Å²) in [5.74, 6) is 0. The van der Waals surface area contributed by atoms with Crippen LogP contribution in [0.1, 0.15) is 55.6 Å². The van der Waals surface area contributed by atoms with Gasteiger partial charge in [-0.05, 0) is 127 Å². The lowest BCUT2D eigenvalue weighted by molar-refractivity contribution is 0.942. The summed E-state index contributed by atoms with van der Waals surface area (Å²) in [6.45, 7) is 0. The van der Waals surface area contributed by atoms with Gasteiger partial charge in [-0.3, -0.25) is 0 Å². The third-order valence-electron chi connectivity index (χ3n) is 11.9. The molecule has 0 bridgehead atoms. The lowest BCUT2D eigenvalue weighted by atomic mass is 9.86. The average molecular weight is 745 g/mol. The third kappa shape index (κ3) is 8.34. The summed E-state index contributed by atoms with van der Waals surface area (Å²) in [5.41, 5.74) is 17.4. The predicted octanol–water partition coefficient (Wildman–Crippen LogP) is 14.6. The first-order chi connectivity index (χ1) is 28.8. The first-order valence-electron chi connectivity index (χ1n) is 20.8. The summed E-state index contributed by atoms with van der Waals surface area (Å²) in [5, 5.41) is 5.30. The van der Waals surface area contributed by atoms with Crippen LogP contribution in [0, 0.1) is 0 Å². The summed E-state index contributed by atoms with van der Waals surface area (Å²) in [7, 11) is 0. The Balaban J connectivity index is 0.000000100. The highest BCUT2D eigenvalue weighted by molar-refractivity contribution is 6.07. The van der Waals surface area contributed by atoms with Crippen LogP contribution in [0.3, 0.4) is 0 Å². The van der Waals surface area contributed by atoms with Crippen LogP contribution in [-0.4, -0.2) is 0 Å². The van der Waals surface area contributed by atoms with Crippen LogP contribution < -0.4 is 0 Å². The fraction of sp³-hybridized carbons (Fsp3) is 0.103. The Bertz CT molecular complexity index is 2660. The van der Waals surface area contributed by atoms with Gasteiger partial charge in [0.1, 0.15) is 0 Å². The van der Waals surface area contributed by atoms with E-state index in [1.165, 1.54) is 114 Å². The van der Waals surface area contributed by atoms with E-state index < -0.39 is 0 Å². The van der Waals surface area contributed by atoms with Crippen LogP contribution in [-0.2, 0) is 38.5 Å². The molecule has 0 aliphatic heterocycles. The van der Waals surface area contributed by atoms with Crippen molar-refractivity contribution < 1.29 is 0 Å². The van der Waals surface area contributed by atoms with Gasteiger partial charge in [-0.2, -0.15) is 0 Å². The van der Waals surface area contributed by atoms with Gasteiger partial charge in [0, 0.05) is 0 Å². The normalized spacial score (nSPS) is 12.7. The van der Waals surface area contributed by atoms with Gasteiger partial charge in [-0.15, -0.1) is 0 Å². The summed E-state index contributed by atoms with van der Waals surface area (Å²) in [6, 6.07) is 73.7. The van der Waals surface area contributed by atoms with E-state index in [1.54, 1.807) is 0 Å². The van der Waals surface area contributed by atoms with E-state index in [-0.39, 0.29) is 0 Å². The van der Waals surface area contributed by atoms with Crippen molar-refractivity contribution in [3.63, 3.8) is 0 Å². The van der Waals surface area contributed by atoms with E-state index in [0.717, 1.165) is 12.8 Å². The highest BCUT2D eigenvalue weighted by atomic mass is 14.2. The molecule has 3 aliphatic carbocycles. The fourth-order valence-corrected chi connectivity index (χ4v) is 8.75. The van der Waals surface area contributed by atoms with Gasteiger partial charge in [-0.1, -0.05) is 218 Å². The lowest BCUT2D eigenvalue weighted by Crippen LogP contribution is -2.02. The number of rotatable bonds is 0. The Morgan fingerprint density at radius 2 is 0.534 bits per heavy atom. The number of benzene rings is 9. The molecule has 58 heavy (non-hydrogen) atoms. The topological polar surface area (TPSA) is 0 Å². The van der Waals surface area contributed by atoms with Crippen molar-refractivity contribution in [2.75, 3.05) is 0 Å². The molecular formula is C58H48. The highest BCUT2D eigenvalue weighted by Crippen LogP contribution is 2.33. The molecular weight excluding hydrogens is 697 g/mol. The zero-order valence-electron chi connectivity index (χ0n) is 33.0. The van der Waals surface area contributed by atoms with Crippen molar-refractivity contribution in [1.82, 2.24) is 0 Å². The fourth-order valence-electron chi connectivity index (χ4n) is 8.75. The van der Waals surface area contributed by atoms with Crippen LogP contribution >= 0.6 is 0 Å². The second-order valence-electron chi connectivity index (χ2n) is 15.4. The van der Waals surface area contributed by atoms with E-state index in [0.29, 0.717) is 0 Å². The summed E-state index contributed by atoms with van der Waals surface area (Å²) in [6.07, 6.45) is 11.3. The molecule has 0 N–H and O–H groups in total. The van der Waals surface area contributed by atoms with E-state index in [2.05, 4.69) is 218 Å². The van der Waals surface area contributed by atoms with E-state index in [4.69, 9.17) is 0 Å². The molecule has 280 valence electrons. The largest absolute Gasteiger partial charge is 0.0620 e. The summed E-state index contributed by atoms with van der Waals surface area (Å²) < 4.78 is 0. The zero-order chi connectivity index (χ0) is 38.9. The Labute approximate surface area is 343 Å². The SMILES string of the molecule is C1=Cc2ccccc2Cc2ccccc21.c1ccc2c(c1)CCc1ccccc1-2.c1ccc2c(c1)CCc1ccccc1C2.c1ccc2c(c1)ccc1ccccc12. The molecule has 0 fully saturated rings. The molecule has 0 heterocycles. The molecule has 0 radical (unpaired) electrons. The maximum Gasteiger partial charge on any atom is -0.00139 e. The quantitative estimate of drug-likeness (QED) is 0.136. The maximum absolute atomic E-state index is 2.27. The molecule has 0 atom stereocenters. The first-order valence-corrected chi connectivity index (χ1v) is 20.8. The van der Waals surface area contributed by atoms with E-state index in [9.17, 15) is 0 Å². The van der Waals surface area contributed by atoms with Crippen LogP contribution in [0.25, 0.3) is 44.8 Å². The van der Waals surface area contributed by atoms with Crippen molar-refractivity contribution in [2.24, 2.45) is 0 Å². The van der Waals surface area contributed by atoms with Gasteiger partial charge >= 0.3 is 0 Å². The Hall–Kier alpha value is -6.76. The van der Waals surface area contributed by atoms with Crippen molar-refractivity contribution in [3.05, 3.63) is 262 Å². The number of hydrogen-bond donors (Lipinski definition) is 0. The maximum atomic E-state index is 2.27. The van der Waals surface area contributed by atoms with Gasteiger partial charge < -0.3 is 0 Å². The minimum atomic E-state index is 1.04. The molecule has 0 saturated heterocycles. The first kappa shape index (κ1) is 36.9. The smallest absolute Gasteiger partial charge is 0.00139 e. The second-order valence-corrected chi connectivity index (χ2v) is 15.4. The molecule has 0 nitrogen and oxygen atoms in total. The average Bonchev–Trinajstić information content (AvgIpc) is 3.62. The second kappa shape index (κ2) is 17.6. The van der Waals surface area contributed by atoms with Gasteiger partial charge in [0.2, 0.25) is 0 Å². The van der Waals surface area contributed by atoms with E-state index >= 15 is 0 Å². The van der Waals surface area contributed by atoms with Gasteiger partial charge in [-0.25, -0.2) is 0 Å². The monoisotopic (exact) mass is 744 g/mol. The van der Waals surface area contributed by atoms with Crippen LogP contribution in [0.5, 0.6) is 0 Å². The van der Waals surface area contributed by atoms with Crippen molar-refractivity contribution >= 4 is 33.7 Å². The number of aryl methyl sites for hydroxylation is 4. The minimum absolute atomic E-state index is 1.04. The number of fused-ring (bicyclic) bond motifs is 10. The molecule has 0 heteroatoms. The molecule has 0 saturated carbocycles. The lowest BCUT2D eigenvalue weighted by Gasteiger charge is -2.19. The van der Waals surface area contributed by atoms with E-state index in [1.807, 2.05) is 0 Å². The standard InChI is InChI=1S/C15H14.C15H12.C14H12.C14H10/c2*1-3-7-14-11-15-8-4-2-6-13(15)10-9-12(14)5-1;2*1-3-7-13-11(5-1)9-10-12-6-2-4-8-14(12)13/h1-8H,9-11H2;1-10H,11H2;1-8H,9-10H2;1-10H. The molecule has 9 aromatic rings. The van der Waals surface area contributed by atoms with Gasteiger partial charge in [0.15, 0.2) is 0 Å². The Morgan fingerprint density at radius 1 is 0.224 bits per heavy atom. The van der Waals surface area contributed by atoms with Crippen molar-refractivity contribution in [3.8, 4) is 11.1 Å². The third-order valence-corrected chi connectivity index (χ3v) is 11.9. The Morgan fingerprint density at radius 3 is 1.00 bits per heavy atom. The van der Waals surface area contributed by atoms with Crippen LogP contribution in [0.2, 0.25) is 0 Å². The van der Waals surface area contributed by atoms with Crippen LogP contribution in [0.15, 0.2) is 206 Å². The molecule has 0 aromatic heterocycles. The molecule has 0 unspecified atom stereocenters. The molecule has 9 aromatic carbocycles. The molecule has 12 rings (SSSR count).